The van der Waals surface area contributed by atoms with E-state index in [9.17, 15) is 9.18 Å². The molecule has 0 amide bonds. The van der Waals surface area contributed by atoms with Gasteiger partial charge in [0.1, 0.15) is 17.4 Å². The maximum atomic E-state index is 13.2. The van der Waals surface area contributed by atoms with Crippen LogP contribution in [0.2, 0.25) is 0 Å². The van der Waals surface area contributed by atoms with E-state index in [1.165, 1.54) is 30.0 Å². The monoisotopic (exact) mass is 261 g/mol. The lowest BCUT2D eigenvalue weighted by Gasteiger charge is -2.04. The molecule has 2 rings (SSSR count). The Kier molecular flexibility index (Phi) is 3.44. The third kappa shape index (κ3) is 2.26. The molecule has 0 aliphatic heterocycles. The van der Waals surface area contributed by atoms with Crippen LogP contribution >= 0.6 is 11.8 Å². The molecule has 6 heteroatoms. The summed E-state index contributed by atoms with van der Waals surface area (Å²) in [5.41, 5.74) is -0.0208. The molecule has 0 fully saturated rings. The van der Waals surface area contributed by atoms with E-state index in [0.717, 1.165) is 0 Å². The first-order chi connectivity index (χ1) is 8.65. The number of hydrogen-bond donors (Lipinski definition) is 1. The van der Waals surface area contributed by atoms with Crippen LogP contribution in [0.25, 0.3) is 11.3 Å². The van der Waals surface area contributed by atoms with Gasteiger partial charge in [0.05, 0.1) is 5.69 Å². The second-order valence-electron chi connectivity index (χ2n) is 3.42. The zero-order valence-corrected chi connectivity index (χ0v) is 10.2. The number of halogens is 1. The molecule has 0 bridgehead atoms. The number of thioether (sulfide) groups is 1. The van der Waals surface area contributed by atoms with Gasteiger partial charge in [0, 0.05) is 5.56 Å². The summed E-state index contributed by atoms with van der Waals surface area (Å²) in [5, 5.41) is 9.37. The first-order valence-corrected chi connectivity index (χ1v) is 6.22. The standard InChI is InChI=1S/C12H8FN3OS/c1-18-12-15-10(9(6-14)11(17)16-12)7-3-2-4-8(13)5-7/h2-5H,1H3,(H,15,16,17). The number of hydrogen-bond acceptors (Lipinski definition) is 4. The molecule has 0 saturated carbocycles. The topological polar surface area (TPSA) is 69.5 Å². The Morgan fingerprint density at radius 2 is 2.28 bits per heavy atom. The number of nitrogens with zero attached hydrogens (tertiary/aromatic N) is 2. The van der Waals surface area contributed by atoms with Gasteiger partial charge in [-0.15, -0.1) is 0 Å². The predicted molar refractivity (Wildman–Crippen MR) is 66.7 cm³/mol. The fraction of sp³-hybridized carbons (Fsp3) is 0.0833. The van der Waals surface area contributed by atoms with E-state index in [1.807, 2.05) is 0 Å². The van der Waals surface area contributed by atoms with Crippen molar-refractivity contribution in [2.75, 3.05) is 6.26 Å². The van der Waals surface area contributed by atoms with E-state index in [-0.39, 0.29) is 11.3 Å². The normalized spacial score (nSPS) is 10.1. The Bertz CT molecular complexity index is 690. The molecule has 0 aliphatic carbocycles. The Balaban J connectivity index is 2.74. The first-order valence-electron chi connectivity index (χ1n) is 5.00. The van der Waals surface area contributed by atoms with Gasteiger partial charge in [0.2, 0.25) is 0 Å². The molecule has 2 aromatic rings. The van der Waals surface area contributed by atoms with Gasteiger partial charge in [0.25, 0.3) is 5.56 Å². The number of benzene rings is 1. The quantitative estimate of drug-likeness (QED) is 0.664. The van der Waals surface area contributed by atoms with Crippen LogP contribution < -0.4 is 5.56 Å². The summed E-state index contributed by atoms with van der Waals surface area (Å²) in [6.45, 7) is 0. The number of nitriles is 1. The van der Waals surface area contributed by atoms with E-state index in [2.05, 4.69) is 9.97 Å². The van der Waals surface area contributed by atoms with Crippen LogP contribution in [0.15, 0.2) is 34.2 Å². The van der Waals surface area contributed by atoms with Gasteiger partial charge in [-0.3, -0.25) is 4.79 Å². The van der Waals surface area contributed by atoms with Crippen molar-refractivity contribution in [2.45, 2.75) is 5.16 Å². The van der Waals surface area contributed by atoms with Crippen molar-refractivity contribution in [3.63, 3.8) is 0 Å². The molecule has 0 saturated heterocycles. The molecular formula is C12H8FN3OS. The second-order valence-corrected chi connectivity index (χ2v) is 4.22. The van der Waals surface area contributed by atoms with E-state index >= 15 is 0 Å². The molecule has 0 aliphatic rings. The minimum absolute atomic E-state index is 0.113. The molecule has 1 heterocycles. The second kappa shape index (κ2) is 5.02. The molecule has 1 aromatic heterocycles. The van der Waals surface area contributed by atoms with Crippen LogP contribution in [-0.2, 0) is 0 Å². The molecule has 0 radical (unpaired) electrons. The van der Waals surface area contributed by atoms with E-state index in [4.69, 9.17) is 5.26 Å². The van der Waals surface area contributed by atoms with Gasteiger partial charge >= 0.3 is 0 Å². The highest BCUT2D eigenvalue weighted by atomic mass is 32.2. The molecule has 1 aromatic carbocycles. The molecule has 0 atom stereocenters. The van der Waals surface area contributed by atoms with Gasteiger partial charge < -0.3 is 4.98 Å². The minimum Gasteiger partial charge on any atom is -0.300 e. The van der Waals surface area contributed by atoms with Gasteiger partial charge in [-0.25, -0.2) is 9.37 Å². The maximum absolute atomic E-state index is 13.2. The third-order valence-corrected chi connectivity index (χ3v) is 2.88. The zero-order valence-electron chi connectivity index (χ0n) is 9.40. The minimum atomic E-state index is -0.517. The Labute approximate surface area is 107 Å². The number of aromatic nitrogens is 2. The summed E-state index contributed by atoms with van der Waals surface area (Å²) in [4.78, 5) is 18.3. The first kappa shape index (κ1) is 12.3. The predicted octanol–water partition coefficient (Wildman–Crippen LogP) is 2.17. The summed E-state index contributed by atoms with van der Waals surface area (Å²) >= 11 is 1.25. The van der Waals surface area contributed by atoms with Crippen LogP contribution in [0.3, 0.4) is 0 Å². The smallest absolute Gasteiger partial charge is 0.270 e. The van der Waals surface area contributed by atoms with Crippen LogP contribution in [0.1, 0.15) is 5.56 Å². The number of rotatable bonds is 2. The lowest BCUT2D eigenvalue weighted by molar-refractivity contribution is 0.628. The van der Waals surface area contributed by atoms with E-state index in [0.29, 0.717) is 10.7 Å². The van der Waals surface area contributed by atoms with Crippen molar-refractivity contribution in [2.24, 2.45) is 0 Å². The number of nitrogens with one attached hydrogen (secondary N) is 1. The molecule has 0 spiro atoms. The van der Waals surface area contributed by atoms with Crippen LogP contribution in [-0.4, -0.2) is 16.2 Å². The molecule has 4 nitrogen and oxygen atoms in total. The Morgan fingerprint density at radius 1 is 1.50 bits per heavy atom. The molecular weight excluding hydrogens is 253 g/mol. The van der Waals surface area contributed by atoms with Crippen molar-refractivity contribution in [1.29, 1.82) is 5.26 Å². The Hall–Kier alpha value is -2.13. The van der Waals surface area contributed by atoms with E-state index < -0.39 is 11.4 Å². The Morgan fingerprint density at radius 3 is 2.89 bits per heavy atom. The maximum Gasteiger partial charge on any atom is 0.270 e. The third-order valence-electron chi connectivity index (χ3n) is 2.30. The average molecular weight is 261 g/mol. The molecule has 90 valence electrons. The molecule has 0 unspecified atom stereocenters. The van der Waals surface area contributed by atoms with E-state index in [1.54, 1.807) is 18.4 Å². The number of aromatic amines is 1. The highest BCUT2D eigenvalue weighted by Crippen LogP contribution is 2.21. The van der Waals surface area contributed by atoms with Gasteiger partial charge in [-0.05, 0) is 18.4 Å². The SMILES string of the molecule is CSc1nc(-c2cccc(F)c2)c(C#N)c(=O)[nH]1. The lowest BCUT2D eigenvalue weighted by atomic mass is 10.1. The van der Waals surface area contributed by atoms with Gasteiger partial charge in [0.15, 0.2) is 5.16 Å². The molecule has 18 heavy (non-hydrogen) atoms. The van der Waals surface area contributed by atoms with Crippen LogP contribution in [0.4, 0.5) is 4.39 Å². The summed E-state index contributed by atoms with van der Waals surface area (Å²) in [6, 6.07) is 7.44. The molecule has 1 N–H and O–H groups in total. The zero-order chi connectivity index (χ0) is 13.1. The summed E-state index contributed by atoms with van der Waals surface area (Å²) in [7, 11) is 0. The van der Waals surface area contributed by atoms with Crippen LogP contribution in [0, 0.1) is 17.1 Å². The average Bonchev–Trinajstić information content (AvgIpc) is 2.37. The van der Waals surface area contributed by atoms with Crippen molar-refractivity contribution in [3.05, 3.63) is 46.0 Å². The lowest BCUT2D eigenvalue weighted by Crippen LogP contribution is -2.14. The fourth-order valence-corrected chi connectivity index (χ4v) is 1.87. The fourth-order valence-electron chi connectivity index (χ4n) is 1.50. The highest BCUT2D eigenvalue weighted by molar-refractivity contribution is 7.98. The summed E-state index contributed by atoms with van der Waals surface area (Å²) in [6.07, 6.45) is 1.75. The van der Waals surface area contributed by atoms with Crippen molar-refractivity contribution in [3.8, 4) is 17.3 Å². The highest BCUT2D eigenvalue weighted by Gasteiger charge is 2.13. The van der Waals surface area contributed by atoms with Crippen molar-refractivity contribution >= 4 is 11.8 Å². The van der Waals surface area contributed by atoms with Crippen molar-refractivity contribution in [1.82, 2.24) is 9.97 Å². The summed E-state index contributed by atoms with van der Waals surface area (Å²) < 4.78 is 13.2. The van der Waals surface area contributed by atoms with Crippen molar-refractivity contribution < 1.29 is 4.39 Å². The van der Waals surface area contributed by atoms with Crippen LogP contribution in [0.5, 0.6) is 0 Å². The summed E-state index contributed by atoms with van der Waals surface area (Å²) in [5.74, 6) is -0.441. The van der Waals surface area contributed by atoms with Gasteiger partial charge in [-0.2, -0.15) is 5.26 Å². The van der Waals surface area contributed by atoms with Gasteiger partial charge in [-0.1, -0.05) is 23.9 Å². The number of H-pyrrole nitrogens is 1. The largest absolute Gasteiger partial charge is 0.300 e.